The Balaban J connectivity index is 0.000000234. The van der Waals surface area contributed by atoms with E-state index < -0.39 is 0 Å². The Hall–Kier alpha value is -0.940. The molecule has 3 rings (SSSR count). The van der Waals surface area contributed by atoms with Crippen LogP contribution in [0.25, 0.3) is 0 Å². The Kier molecular flexibility index (Phi) is 11.9. The predicted molar refractivity (Wildman–Crippen MR) is 126 cm³/mol. The van der Waals surface area contributed by atoms with Gasteiger partial charge in [-0.25, -0.2) is 0 Å². The van der Waals surface area contributed by atoms with Gasteiger partial charge in [-0.3, -0.25) is 4.90 Å². The van der Waals surface area contributed by atoms with Crippen LogP contribution in [-0.2, 0) is 6.54 Å². The third-order valence-corrected chi connectivity index (χ3v) is 6.60. The van der Waals surface area contributed by atoms with Crippen molar-refractivity contribution in [1.29, 1.82) is 0 Å². The fraction of sp³-hybridized carbons (Fsp3) is 0.760. The van der Waals surface area contributed by atoms with Crippen molar-refractivity contribution in [2.75, 3.05) is 65.4 Å². The zero-order valence-electron chi connectivity index (χ0n) is 19.6. The molecule has 0 bridgehead atoms. The van der Waals surface area contributed by atoms with Gasteiger partial charge in [0, 0.05) is 26.2 Å². The maximum atomic E-state index is 3.40. The number of rotatable bonds is 10. The van der Waals surface area contributed by atoms with E-state index in [2.05, 4.69) is 78.0 Å². The van der Waals surface area contributed by atoms with Crippen LogP contribution in [0.5, 0.6) is 0 Å². The van der Waals surface area contributed by atoms with E-state index in [1.807, 2.05) is 0 Å². The van der Waals surface area contributed by atoms with E-state index in [0.29, 0.717) is 0 Å². The van der Waals surface area contributed by atoms with Crippen molar-refractivity contribution in [3.8, 4) is 0 Å². The summed E-state index contributed by atoms with van der Waals surface area (Å²) >= 11 is 0. The molecular weight excluding hydrogens is 356 g/mol. The van der Waals surface area contributed by atoms with Gasteiger partial charge in [-0.15, -0.1) is 0 Å². The molecule has 4 heteroatoms. The Bertz CT molecular complexity index is 507. The van der Waals surface area contributed by atoms with Crippen LogP contribution in [0.3, 0.4) is 0 Å². The molecule has 0 aromatic heterocycles. The molecular formula is C25H46N4. The van der Waals surface area contributed by atoms with Crippen LogP contribution in [0.4, 0.5) is 0 Å². The van der Waals surface area contributed by atoms with Crippen molar-refractivity contribution in [3.05, 3.63) is 35.9 Å². The molecule has 0 spiro atoms. The van der Waals surface area contributed by atoms with Crippen molar-refractivity contribution < 1.29 is 0 Å². The minimum atomic E-state index is 0.869. The van der Waals surface area contributed by atoms with Gasteiger partial charge in [0.1, 0.15) is 0 Å². The highest BCUT2D eigenvalue weighted by atomic mass is 15.2. The van der Waals surface area contributed by atoms with E-state index in [0.717, 1.165) is 18.4 Å². The molecule has 0 radical (unpaired) electrons. The summed E-state index contributed by atoms with van der Waals surface area (Å²) in [6, 6.07) is 10.8. The molecule has 0 amide bonds. The summed E-state index contributed by atoms with van der Waals surface area (Å²) in [6.45, 7) is 22.5. The number of hydrogen-bond donors (Lipinski definition) is 1. The molecule has 29 heavy (non-hydrogen) atoms. The molecule has 2 unspecified atom stereocenters. The molecule has 1 aromatic carbocycles. The lowest BCUT2D eigenvalue weighted by molar-refractivity contribution is 0.242. The lowest BCUT2D eigenvalue weighted by Gasteiger charge is -2.22. The highest BCUT2D eigenvalue weighted by Crippen LogP contribution is 2.19. The number of benzene rings is 1. The average Bonchev–Trinajstić information content (AvgIpc) is 3.43. The highest BCUT2D eigenvalue weighted by Gasteiger charge is 2.23. The zero-order valence-corrected chi connectivity index (χ0v) is 19.6. The standard InChI is InChI=1S/C16H26N2.C9H20N2/c1-3-17(4-2)13-16-10-11-18(14-16)12-15-8-6-5-7-9-15;1-3-11(4-2)8-9-5-6-10-7-9/h5-9,16H,3-4,10-14H2,1-2H3;9-10H,3-8H2,1-2H3. The summed E-state index contributed by atoms with van der Waals surface area (Å²) < 4.78 is 0. The second-order valence-electron chi connectivity index (χ2n) is 8.71. The molecule has 2 heterocycles. The molecule has 1 N–H and O–H groups in total. The zero-order chi connectivity index (χ0) is 20.9. The first-order chi connectivity index (χ1) is 14.2. The normalized spacial score (nSPS) is 22.3. The van der Waals surface area contributed by atoms with Gasteiger partial charge in [0.25, 0.3) is 0 Å². The molecule has 4 nitrogen and oxygen atoms in total. The van der Waals surface area contributed by atoms with Gasteiger partial charge >= 0.3 is 0 Å². The van der Waals surface area contributed by atoms with Crippen LogP contribution in [-0.4, -0.2) is 80.1 Å². The third kappa shape index (κ3) is 9.17. The van der Waals surface area contributed by atoms with Crippen LogP contribution in [0, 0.1) is 11.8 Å². The minimum Gasteiger partial charge on any atom is -0.316 e. The minimum absolute atomic E-state index is 0.869. The van der Waals surface area contributed by atoms with Crippen molar-refractivity contribution in [2.45, 2.75) is 47.1 Å². The third-order valence-electron chi connectivity index (χ3n) is 6.60. The lowest BCUT2D eigenvalue weighted by Crippen LogP contribution is -2.30. The lowest BCUT2D eigenvalue weighted by atomic mass is 10.1. The van der Waals surface area contributed by atoms with E-state index >= 15 is 0 Å². The average molecular weight is 403 g/mol. The Labute approximate surface area is 180 Å². The van der Waals surface area contributed by atoms with E-state index in [-0.39, 0.29) is 0 Å². The molecule has 2 fully saturated rings. The largest absolute Gasteiger partial charge is 0.316 e. The fourth-order valence-corrected chi connectivity index (χ4v) is 4.61. The first-order valence-electron chi connectivity index (χ1n) is 12.1. The first kappa shape index (κ1) is 24.3. The van der Waals surface area contributed by atoms with Gasteiger partial charge in [0.2, 0.25) is 0 Å². The van der Waals surface area contributed by atoms with Crippen molar-refractivity contribution in [2.24, 2.45) is 11.8 Å². The van der Waals surface area contributed by atoms with Crippen molar-refractivity contribution in [1.82, 2.24) is 20.0 Å². The number of hydrogen-bond acceptors (Lipinski definition) is 4. The molecule has 1 aromatic rings. The molecule has 0 aliphatic carbocycles. The smallest absolute Gasteiger partial charge is 0.0233 e. The molecule has 2 aliphatic heterocycles. The second kappa shape index (κ2) is 14.1. The van der Waals surface area contributed by atoms with Gasteiger partial charge in [-0.05, 0) is 76.1 Å². The number of nitrogens with one attached hydrogen (secondary N) is 1. The topological polar surface area (TPSA) is 21.8 Å². The Morgan fingerprint density at radius 1 is 0.862 bits per heavy atom. The highest BCUT2D eigenvalue weighted by molar-refractivity contribution is 5.14. The predicted octanol–water partition coefficient (Wildman–Crippen LogP) is 3.79. The van der Waals surface area contributed by atoms with Gasteiger partial charge in [0.05, 0.1) is 0 Å². The summed E-state index contributed by atoms with van der Waals surface area (Å²) in [6.07, 6.45) is 2.74. The number of nitrogens with zero attached hydrogens (tertiary/aromatic N) is 3. The van der Waals surface area contributed by atoms with E-state index in [1.165, 1.54) is 83.9 Å². The maximum absolute atomic E-state index is 3.40. The summed E-state index contributed by atoms with van der Waals surface area (Å²) in [5, 5.41) is 3.40. The molecule has 2 saturated heterocycles. The molecule has 2 atom stereocenters. The molecule has 0 saturated carbocycles. The van der Waals surface area contributed by atoms with Crippen LogP contribution in [0.1, 0.15) is 46.1 Å². The van der Waals surface area contributed by atoms with Crippen LogP contribution in [0.15, 0.2) is 30.3 Å². The quantitative estimate of drug-likeness (QED) is 0.643. The SMILES string of the molecule is CCN(CC)CC1CCN(Cc2ccccc2)C1.CCN(CC)CC1CCNC1. The summed E-state index contributed by atoms with van der Waals surface area (Å²) in [7, 11) is 0. The van der Waals surface area contributed by atoms with Gasteiger partial charge < -0.3 is 15.1 Å². The second-order valence-corrected chi connectivity index (χ2v) is 8.71. The Morgan fingerprint density at radius 2 is 1.48 bits per heavy atom. The number of likely N-dealkylation sites (tertiary alicyclic amines) is 1. The summed E-state index contributed by atoms with van der Waals surface area (Å²) in [5.74, 6) is 1.78. The summed E-state index contributed by atoms with van der Waals surface area (Å²) in [5.41, 5.74) is 1.45. The molecule has 166 valence electrons. The van der Waals surface area contributed by atoms with Crippen molar-refractivity contribution >= 4 is 0 Å². The van der Waals surface area contributed by atoms with E-state index in [9.17, 15) is 0 Å². The van der Waals surface area contributed by atoms with Crippen LogP contribution < -0.4 is 5.32 Å². The van der Waals surface area contributed by atoms with Gasteiger partial charge in [0.15, 0.2) is 0 Å². The van der Waals surface area contributed by atoms with Crippen LogP contribution >= 0.6 is 0 Å². The molecule has 2 aliphatic rings. The van der Waals surface area contributed by atoms with E-state index in [4.69, 9.17) is 0 Å². The van der Waals surface area contributed by atoms with E-state index in [1.54, 1.807) is 0 Å². The fourth-order valence-electron chi connectivity index (χ4n) is 4.61. The van der Waals surface area contributed by atoms with Crippen molar-refractivity contribution in [3.63, 3.8) is 0 Å². The summed E-state index contributed by atoms with van der Waals surface area (Å²) in [4.78, 5) is 7.66. The maximum Gasteiger partial charge on any atom is 0.0233 e. The first-order valence-corrected chi connectivity index (χ1v) is 12.1. The Morgan fingerprint density at radius 3 is 2.03 bits per heavy atom. The van der Waals surface area contributed by atoms with Gasteiger partial charge in [-0.1, -0.05) is 58.0 Å². The van der Waals surface area contributed by atoms with Crippen LogP contribution in [0.2, 0.25) is 0 Å². The van der Waals surface area contributed by atoms with Gasteiger partial charge in [-0.2, -0.15) is 0 Å². The monoisotopic (exact) mass is 402 g/mol.